The number of nitrogen functional groups attached to an aromatic ring is 1. The second kappa shape index (κ2) is 4.91. The molecule has 0 aliphatic carbocycles. The largest absolute Gasteiger partial charge is 0.496 e. The molecule has 4 N–H and O–H groups in total. The van der Waals surface area contributed by atoms with E-state index in [4.69, 9.17) is 10.5 Å². The normalized spacial score (nSPS) is 25.1. The lowest BCUT2D eigenvalue weighted by Crippen LogP contribution is -2.22. The average Bonchev–Trinajstić information content (AvgIpc) is 2.58. The average molecular weight is 238 g/mol. The summed E-state index contributed by atoms with van der Waals surface area (Å²) in [5, 5.41) is 19.0. The molecule has 2 rings (SSSR count). The second-order valence-corrected chi connectivity index (χ2v) is 4.40. The Labute approximate surface area is 100 Å². The number of benzene rings is 1. The summed E-state index contributed by atoms with van der Waals surface area (Å²) >= 11 is 0. The fourth-order valence-electron chi connectivity index (χ4n) is 2.14. The number of aliphatic hydroxyl groups excluding tert-OH is 2. The van der Waals surface area contributed by atoms with Crippen LogP contribution in [0.2, 0.25) is 0 Å². The summed E-state index contributed by atoms with van der Waals surface area (Å²) in [6.07, 6.45) is -1.33. The number of β-amino-alcohol motifs (C(OH)–C–C–N with tert-alkyl or cyclic N) is 2. The smallest absolute Gasteiger partial charge is 0.123 e. The minimum Gasteiger partial charge on any atom is -0.496 e. The van der Waals surface area contributed by atoms with Crippen molar-refractivity contribution >= 4 is 5.69 Å². The van der Waals surface area contributed by atoms with Gasteiger partial charge in [0.1, 0.15) is 5.75 Å². The van der Waals surface area contributed by atoms with Gasteiger partial charge in [-0.3, -0.25) is 4.90 Å². The maximum Gasteiger partial charge on any atom is 0.123 e. The molecule has 1 aromatic carbocycles. The highest BCUT2D eigenvalue weighted by Crippen LogP contribution is 2.24. The molecule has 1 saturated heterocycles. The van der Waals surface area contributed by atoms with Gasteiger partial charge in [0.2, 0.25) is 0 Å². The van der Waals surface area contributed by atoms with Crippen LogP contribution < -0.4 is 10.5 Å². The van der Waals surface area contributed by atoms with E-state index in [0.717, 1.165) is 11.3 Å². The molecule has 1 aliphatic rings. The Morgan fingerprint density at radius 1 is 1.35 bits per heavy atom. The highest BCUT2D eigenvalue weighted by Gasteiger charge is 2.29. The van der Waals surface area contributed by atoms with Crippen molar-refractivity contribution in [3.8, 4) is 5.75 Å². The van der Waals surface area contributed by atoms with E-state index >= 15 is 0 Å². The first-order valence-corrected chi connectivity index (χ1v) is 5.61. The molecule has 0 bridgehead atoms. The Hall–Kier alpha value is -1.30. The van der Waals surface area contributed by atoms with Crippen LogP contribution in [0.1, 0.15) is 5.56 Å². The van der Waals surface area contributed by atoms with Crippen LogP contribution >= 0.6 is 0 Å². The van der Waals surface area contributed by atoms with Crippen LogP contribution in [0.25, 0.3) is 0 Å². The molecule has 1 fully saturated rings. The van der Waals surface area contributed by atoms with Crippen molar-refractivity contribution in [1.82, 2.24) is 4.90 Å². The quantitative estimate of drug-likeness (QED) is 0.636. The van der Waals surface area contributed by atoms with E-state index in [0.29, 0.717) is 25.3 Å². The molecule has 1 aromatic rings. The van der Waals surface area contributed by atoms with Crippen LogP contribution in [-0.4, -0.2) is 47.5 Å². The summed E-state index contributed by atoms with van der Waals surface area (Å²) in [7, 11) is 1.61. The van der Waals surface area contributed by atoms with Gasteiger partial charge in [-0.2, -0.15) is 0 Å². The van der Waals surface area contributed by atoms with Crippen molar-refractivity contribution in [2.24, 2.45) is 0 Å². The Morgan fingerprint density at radius 3 is 2.59 bits per heavy atom. The van der Waals surface area contributed by atoms with Crippen LogP contribution in [0.3, 0.4) is 0 Å². The van der Waals surface area contributed by atoms with Crippen LogP contribution in [0.4, 0.5) is 5.69 Å². The van der Waals surface area contributed by atoms with Crippen molar-refractivity contribution in [3.63, 3.8) is 0 Å². The van der Waals surface area contributed by atoms with Crippen molar-refractivity contribution in [2.75, 3.05) is 25.9 Å². The monoisotopic (exact) mass is 238 g/mol. The number of ether oxygens (including phenoxy) is 1. The first-order chi connectivity index (χ1) is 8.10. The van der Waals surface area contributed by atoms with Crippen molar-refractivity contribution < 1.29 is 14.9 Å². The first kappa shape index (κ1) is 12.2. The van der Waals surface area contributed by atoms with Gasteiger partial charge >= 0.3 is 0 Å². The zero-order chi connectivity index (χ0) is 12.4. The van der Waals surface area contributed by atoms with Crippen LogP contribution in [-0.2, 0) is 6.54 Å². The molecule has 2 unspecified atom stereocenters. The third-order valence-corrected chi connectivity index (χ3v) is 3.03. The van der Waals surface area contributed by atoms with Gasteiger partial charge < -0.3 is 20.7 Å². The van der Waals surface area contributed by atoms with Gasteiger partial charge in [0.05, 0.1) is 19.3 Å². The Bertz CT molecular complexity index is 387. The van der Waals surface area contributed by atoms with E-state index in [2.05, 4.69) is 0 Å². The molecule has 17 heavy (non-hydrogen) atoms. The number of nitrogens with zero attached hydrogens (tertiary/aromatic N) is 1. The molecule has 0 amide bonds. The van der Waals surface area contributed by atoms with E-state index in [9.17, 15) is 10.2 Å². The number of likely N-dealkylation sites (tertiary alicyclic amines) is 1. The van der Waals surface area contributed by atoms with E-state index in [1.807, 2.05) is 17.0 Å². The van der Waals surface area contributed by atoms with Gasteiger partial charge in [-0.25, -0.2) is 0 Å². The molecule has 94 valence electrons. The highest BCUT2D eigenvalue weighted by atomic mass is 16.5. The van der Waals surface area contributed by atoms with E-state index in [1.54, 1.807) is 13.2 Å². The SMILES string of the molecule is COc1ccc(N)cc1CN1CC(O)C(O)C1. The van der Waals surface area contributed by atoms with Crippen LogP contribution in [0, 0.1) is 0 Å². The van der Waals surface area contributed by atoms with Crippen molar-refractivity contribution in [3.05, 3.63) is 23.8 Å². The lowest BCUT2D eigenvalue weighted by molar-refractivity contribution is 0.0572. The zero-order valence-corrected chi connectivity index (χ0v) is 9.84. The third-order valence-electron chi connectivity index (χ3n) is 3.03. The van der Waals surface area contributed by atoms with E-state index in [1.165, 1.54) is 0 Å². The van der Waals surface area contributed by atoms with Gasteiger partial charge in [-0.1, -0.05) is 0 Å². The van der Waals surface area contributed by atoms with E-state index in [-0.39, 0.29) is 0 Å². The Balaban J connectivity index is 2.10. The highest BCUT2D eigenvalue weighted by molar-refractivity contribution is 5.47. The molecule has 1 heterocycles. The summed E-state index contributed by atoms with van der Waals surface area (Å²) in [5.41, 5.74) is 7.39. The number of hydrogen-bond donors (Lipinski definition) is 3. The fourth-order valence-corrected chi connectivity index (χ4v) is 2.14. The number of hydrogen-bond acceptors (Lipinski definition) is 5. The number of methoxy groups -OCH3 is 1. The summed E-state index contributed by atoms with van der Waals surface area (Å²) in [6.45, 7) is 1.56. The summed E-state index contributed by atoms with van der Waals surface area (Å²) in [4.78, 5) is 1.98. The summed E-state index contributed by atoms with van der Waals surface area (Å²) < 4.78 is 5.26. The molecule has 5 nitrogen and oxygen atoms in total. The second-order valence-electron chi connectivity index (χ2n) is 4.40. The molecule has 1 aliphatic heterocycles. The number of anilines is 1. The minimum atomic E-state index is -0.665. The molecule has 2 atom stereocenters. The van der Waals surface area contributed by atoms with Crippen molar-refractivity contribution in [1.29, 1.82) is 0 Å². The Morgan fingerprint density at radius 2 is 2.00 bits per heavy atom. The van der Waals surface area contributed by atoms with Crippen LogP contribution in [0.15, 0.2) is 18.2 Å². The van der Waals surface area contributed by atoms with Gasteiger partial charge in [0, 0.05) is 30.9 Å². The number of nitrogens with two attached hydrogens (primary N) is 1. The molecular weight excluding hydrogens is 220 g/mol. The summed E-state index contributed by atoms with van der Waals surface area (Å²) in [5.74, 6) is 0.773. The maximum absolute atomic E-state index is 9.48. The molecule has 0 aromatic heterocycles. The third kappa shape index (κ3) is 2.69. The lowest BCUT2D eigenvalue weighted by atomic mass is 10.1. The van der Waals surface area contributed by atoms with E-state index < -0.39 is 12.2 Å². The molecular formula is C12H18N2O3. The molecule has 0 radical (unpaired) electrons. The maximum atomic E-state index is 9.48. The fraction of sp³-hybridized carbons (Fsp3) is 0.500. The lowest BCUT2D eigenvalue weighted by Gasteiger charge is -2.17. The number of aliphatic hydroxyl groups is 2. The molecule has 5 heteroatoms. The predicted molar refractivity (Wildman–Crippen MR) is 64.7 cm³/mol. The van der Waals surface area contributed by atoms with Crippen molar-refractivity contribution in [2.45, 2.75) is 18.8 Å². The number of rotatable bonds is 3. The standard InChI is InChI=1S/C12H18N2O3/c1-17-12-3-2-9(13)4-8(12)5-14-6-10(15)11(16)7-14/h2-4,10-11,15-16H,5-7,13H2,1H3. The van der Waals surface area contributed by atoms with Crippen LogP contribution in [0.5, 0.6) is 5.75 Å². The molecule has 0 spiro atoms. The predicted octanol–water partition coefficient (Wildman–Crippen LogP) is -0.185. The minimum absolute atomic E-state index is 0.471. The first-order valence-electron chi connectivity index (χ1n) is 5.61. The molecule has 0 saturated carbocycles. The topological polar surface area (TPSA) is 79.0 Å². The zero-order valence-electron chi connectivity index (χ0n) is 9.84. The summed E-state index contributed by atoms with van der Waals surface area (Å²) in [6, 6.07) is 5.47. The van der Waals surface area contributed by atoms with Gasteiger partial charge in [-0.15, -0.1) is 0 Å². The Kier molecular flexibility index (Phi) is 3.51. The van der Waals surface area contributed by atoms with Gasteiger partial charge in [-0.05, 0) is 18.2 Å². The van der Waals surface area contributed by atoms with Gasteiger partial charge in [0.15, 0.2) is 0 Å². The van der Waals surface area contributed by atoms with Gasteiger partial charge in [0.25, 0.3) is 0 Å².